The molecule has 1 fully saturated rings. The Morgan fingerprint density at radius 2 is 2.16 bits per heavy atom. The zero-order valence-electron chi connectivity index (χ0n) is 10.4. The highest BCUT2D eigenvalue weighted by Crippen LogP contribution is 2.23. The lowest BCUT2D eigenvalue weighted by molar-refractivity contribution is 0.102. The Kier molecular flexibility index (Phi) is 2.86. The summed E-state index contributed by atoms with van der Waals surface area (Å²) < 4.78 is 4.88. The van der Waals surface area contributed by atoms with Gasteiger partial charge in [-0.3, -0.25) is 4.79 Å². The molecule has 3 rings (SSSR count). The normalized spacial score (nSPS) is 14.2. The van der Waals surface area contributed by atoms with Crippen molar-refractivity contribution in [3.8, 4) is 0 Å². The lowest BCUT2D eigenvalue weighted by Crippen LogP contribution is -2.15. The summed E-state index contributed by atoms with van der Waals surface area (Å²) in [5, 5.41) is 9.52. The lowest BCUT2D eigenvalue weighted by Gasteiger charge is -2.04. The molecule has 0 spiro atoms. The number of anilines is 2. The van der Waals surface area contributed by atoms with Gasteiger partial charge in [-0.05, 0) is 19.8 Å². The predicted octanol–water partition coefficient (Wildman–Crippen LogP) is 1.60. The molecule has 2 N–H and O–H groups in total. The number of aryl methyl sites for hydroxylation is 1. The number of amides is 1. The van der Waals surface area contributed by atoms with Crippen LogP contribution >= 0.6 is 0 Å². The van der Waals surface area contributed by atoms with Gasteiger partial charge in [0.1, 0.15) is 23.6 Å². The summed E-state index contributed by atoms with van der Waals surface area (Å²) in [7, 11) is 0. The highest BCUT2D eigenvalue weighted by Gasteiger charge is 2.21. The molecule has 1 aliphatic rings. The van der Waals surface area contributed by atoms with Crippen LogP contribution in [0.5, 0.6) is 0 Å². The summed E-state index contributed by atoms with van der Waals surface area (Å²) in [4.78, 5) is 20.0. The van der Waals surface area contributed by atoms with Gasteiger partial charge < -0.3 is 15.2 Å². The summed E-state index contributed by atoms with van der Waals surface area (Å²) in [6.07, 6.45) is 3.65. The van der Waals surface area contributed by atoms with Crippen LogP contribution in [0.25, 0.3) is 0 Å². The molecule has 0 unspecified atom stereocenters. The molecule has 0 aliphatic heterocycles. The quantitative estimate of drug-likeness (QED) is 0.866. The van der Waals surface area contributed by atoms with Gasteiger partial charge in [-0.1, -0.05) is 5.16 Å². The van der Waals surface area contributed by atoms with Crippen molar-refractivity contribution in [2.45, 2.75) is 25.8 Å². The van der Waals surface area contributed by atoms with Gasteiger partial charge in [0.05, 0.1) is 0 Å². The van der Waals surface area contributed by atoms with Crippen LogP contribution in [-0.4, -0.2) is 27.1 Å². The summed E-state index contributed by atoms with van der Waals surface area (Å²) in [6, 6.07) is 3.74. The fourth-order valence-electron chi connectivity index (χ4n) is 1.60. The number of carbonyl (C=O) groups excluding carboxylic acids is 1. The number of carbonyl (C=O) groups is 1. The lowest BCUT2D eigenvalue weighted by atomic mass is 10.3. The van der Waals surface area contributed by atoms with E-state index < -0.39 is 0 Å². The maximum atomic E-state index is 12.0. The van der Waals surface area contributed by atoms with Crippen molar-refractivity contribution < 1.29 is 9.32 Å². The molecular weight excluding hydrogens is 246 g/mol. The molecule has 0 saturated heterocycles. The van der Waals surface area contributed by atoms with E-state index in [0.717, 1.165) is 12.8 Å². The highest BCUT2D eigenvalue weighted by molar-refractivity contribution is 6.02. The van der Waals surface area contributed by atoms with Crippen molar-refractivity contribution in [1.29, 1.82) is 0 Å². The van der Waals surface area contributed by atoms with Crippen LogP contribution in [0.4, 0.5) is 11.6 Å². The van der Waals surface area contributed by atoms with Gasteiger partial charge in [0.15, 0.2) is 5.82 Å². The van der Waals surface area contributed by atoms with E-state index in [-0.39, 0.29) is 5.91 Å². The molecule has 1 saturated carbocycles. The summed E-state index contributed by atoms with van der Waals surface area (Å²) in [5.41, 5.74) is 0.291. The van der Waals surface area contributed by atoms with Crippen LogP contribution in [-0.2, 0) is 0 Å². The van der Waals surface area contributed by atoms with Gasteiger partial charge in [-0.2, -0.15) is 0 Å². The van der Waals surface area contributed by atoms with E-state index in [9.17, 15) is 4.79 Å². The summed E-state index contributed by atoms with van der Waals surface area (Å²) in [5.74, 6) is 1.33. The smallest absolute Gasteiger partial charge is 0.275 e. The Labute approximate surface area is 109 Å². The summed E-state index contributed by atoms with van der Waals surface area (Å²) in [6.45, 7) is 1.75. The van der Waals surface area contributed by atoms with Crippen LogP contribution in [0.2, 0.25) is 0 Å². The first kappa shape index (κ1) is 11.6. The van der Waals surface area contributed by atoms with Crippen LogP contribution in [0.15, 0.2) is 23.0 Å². The van der Waals surface area contributed by atoms with Gasteiger partial charge in [-0.15, -0.1) is 0 Å². The van der Waals surface area contributed by atoms with E-state index in [2.05, 4.69) is 25.8 Å². The molecule has 2 aromatic heterocycles. The molecule has 0 atom stereocenters. The van der Waals surface area contributed by atoms with Crippen LogP contribution < -0.4 is 10.6 Å². The van der Waals surface area contributed by atoms with Gasteiger partial charge in [0.2, 0.25) is 0 Å². The van der Waals surface area contributed by atoms with Crippen LogP contribution in [0.3, 0.4) is 0 Å². The van der Waals surface area contributed by atoms with E-state index in [1.54, 1.807) is 19.1 Å². The van der Waals surface area contributed by atoms with E-state index >= 15 is 0 Å². The third-order valence-electron chi connectivity index (χ3n) is 2.70. The molecule has 0 radical (unpaired) electrons. The monoisotopic (exact) mass is 259 g/mol. The number of nitrogens with zero attached hydrogens (tertiary/aromatic N) is 3. The second kappa shape index (κ2) is 4.68. The van der Waals surface area contributed by atoms with E-state index in [0.29, 0.717) is 29.1 Å². The standard InChI is InChI=1S/C12H13N5O2/c1-7-4-11(17-19-7)16-12(18)9-5-10(14-6-13-9)15-8-2-3-8/h4-6,8H,2-3H2,1H3,(H,13,14,15)(H,16,17,18). The highest BCUT2D eigenvalue weighted by atomic mass is 16.5. The fraction of sp³-hybridized carbons (Fsp3) is 0.333. The maximum Gasteiger partial charge on any atom is 0.275 e. The van der Waals surface area contributed by atoms with Gasteiger partial charge in [0.25, 0.3) is 5.91 Å². The molecule has 1 amide bonds. The minimum atomic E-state index is -0.338. The van der Waals surface area contributed by atoms with E-state index in [1.165, 1.54) is 6.33 Å². The molecule has 7 heteroatoms. The first-order chi connectivity index (χ1) is 9.20. The molecular formula is C12H13N5O2. The number of rotatable bonds is 4. The average Bonchev–Trinajstić information content (AvgIpc) is 3.11. The van der Waals surface area contributed by atoms with Gasteiger partial charge in [0, 0.05) is 18.2 Å². The molecule has 2 aromatic rings. The molecule has 7 nitrogen and oxygen atoms in total. The Balaban J connectivity index is 1.71. The van der Waals surface area contributed by atoms with Crippen molar-refractivity contribution in [2.75, 3.05) is 10.6 Å². The Morgan fingerprint density at radius 3 is 2.84 bits per heavy atom. The Morgan fingerprint density at radius 1 is 1.32 bits per heavy atom. The number of aromatic nitrogens is 3. The van der Waals surface area contributed by atoms with Gasteiger partial charge >= 0.3 is 0 Å². The predicted molar refractivity (Wildman–Crippen MR) is 67.9 cm³/mol. The number of nitrogens with one attached hydrogen (secondary N) is 2. The molecule has 0 bridgehead atoms. The minimum absolute atomic E-state index is 0.291. The average molecular weight is 259 g/mol. The third-order valence-corrected chi connectivity index (χ3v) is 2.70. The largest absolute Gasteiger partial charge is 0.367 e. The molecule has 19 heavy (non-hydrogen) atoms. The second-order valence-corrected chi connectivity index (χ2v) is 4.48. The van der Waals surface area contributed by atoms with Crippen molar-refractivity contribution in [3.05, 3.63) is 29.9 Å². The number of hydrogen-bond donors (Lipinski definition) is 2. The van der Waals surface area contributed by atoms with Crippen LogP contribution in [0, 0.1) is 6.92 Å². The zero-order chi connectivity index (χ0) is 13.2. The Bertz CT molecular complexity index is 606. The van der Waals surface area contributed by atoms with Crippen molar-refractivity contribution in [3.63, 3.8) is 0 Å². The van der Waals surface area contributed by atoms with Crippen molar-refractivity contribution in [2.24, 2.45) is 0 Å². The first-order valence-electron chi connectivity index (χ1n) is 6.04. The maximum absolute atomic E-state index is 12.0. The fourth-order valence-corrected chi connectivity index (χ4v) is 1.60. The summed E-state index contributed by atoms with van der Waals surface area (Å²) >= 11 is 0. The Hall–Kier alpha value is -2.44. The SMILES string of the molecule is Cc1cc(NC(=O)c2cc(NC3CC3)ncn2)no1. The number of hydrogen-bond acceptors (Lipinski definition) is 6. The topological polar surface area (TPSA) is 92.9 Å². The van der Waals surface area contributed by atoms with Crippen molar-refractivity contribution in [1.82, 2.24) is 15.1 Å². The van der Waals surface area contributed by atoms with Crippen LogP contribution in [0.1, 0.15) is 29.1 Å². The first-order valence-corrected chi connectivity index (χ1v) is 6.04. The van der Waals surface area contributed by atoms with Gasteiger partial charge in [-0.25, -0.2) is 9.97 Å². The molecule has 1 aliphatic carbocycles. The zero-order valence-corrected chi connectivity index (χ0v) is 10.4. The third kappa shape index (κ3) is 2.87. The van der Waals surface area contributed by atoms with E-state index in [1.807, 2.05) is 0 Å². The van der Waals surface area contributed by atoms with Crippen molar-refractivity contribution >= 4 is 17.5 Å². The second-order valence-electron chi connectivity index (χ2n) is 4.48. The minimum Gasteiger partial charge on any atom is -0.367 e. The molecule has 98 valence electrons. The molecule has 2 heterocycles. The van der Waals surface area contributed by atoms with E-state index in [4.69, 9.17) is 4.52 Å². The molecule has 0 aromatic carbocycles.